The van der Waals surface area contributed by atoms with E-state index in [2.05, 4.69) is 0 Å². The van der Waals surface area contributed by atoms with Crippen LogP contribution >= 0.6 is 11.6 Å². The molecule has 6 nitrogen and oxygen atoms in total. The third kappa shape index (κ3) is 3.91. The summed E-state index contributed by atoms with van der Waals surface area (Å²) < 4.78 is 0. The van der Waals surface area contributed by atoms with Crippen LogP contribution in [0, 0.1) is 0 Å². The first-order valence-corrected chi connectivity index (χ1v) is 9.03. The predicted octanol–water partition coefficient (Wildman–Crippen LogP) is 3.58. The summed E-state index contributed by atoms with van der Waals surface area (Å²) in [5, 5.41) is 20.8. The number of carbonyl (C=O) groups excluding carboxylic acids is 1. The van der Waals surface area contributed by atoms with Gasteiger partial charge in [0.1, 0.15) is 0 Å². The molecule has 2 amide bonds. The van der Waals surface area contributed by atoms with Gasteiger partial charge in [-0.05, 0) is 42.7 Å². The van der Waals surface area contributed by atoms with Crippen molar-refractivity contribution in [3.05, 3.63) is 64.7 Å². The molecule has 142 valence electrons. The van der Waals surface area contributed by atoms with E-state index >= 15 is 0 Å². The number of halogens is 1. The van der Waals surface area contributed by atoms with E-state index in [-0.39, 0.29) is 5.91 Å². The van der Waals surface area contributed by atoms with Crippen molar-refractivity contribution in [1.82, 2.24) is 4.90 Å². The van der Waals surface area contributed by atoms with Gasteiger partial charge in [0.15, 0.2) is 0 Å². The topological polar surface area (TPSA) is 81.1 Å². The molecule has 27 heavy (non-hydrogen) atoms. The Morgan fingerprint density at radius 3 is 2.26 bits per heavy atom. The number of hydrogen-bond donors (Lipinski definition) is 2. The van der Waals surface area contributed by atoms with Gasteiger partial charge in [-0.1, -0.05) is 35.9 Å². The third-order valence-corrected chi connectivity index (χ3v) is 5.29. The molecular weight excluding hydrogens is 368 g/mol. The fourth-order valence-electron chi connectivity index (χ4n) is 3.35. The molecule has 1 aliphatic heterocycles. The first-order chi connectivity index (χ1) is 12.8. The lowest BCUT2D eigenvalue weighted by atomic mass is 9.84. The number of benzene rings is 2. The highest BCUT2D eigenvalue weighted by Gasteiger charge is 2.36. The molecule has 7 heteroatoms. The Balaban J connectivity index is 1.76. The maximum atomic E-state index is 12.9. The van der Waals surface area contributed by atoms with Gasteiger partial charge in [-0.15, -0.1) is 0 Å². The highest BCUT2D eigenvalue weighted by Crippen LogP contribution is 2.34. The largest absolute Gasteiger partial charge is 0.465 e. The van der Waals surface area contributed by atoms with Gasteiger partial charge in [0.05, 0.1) is 16.9 Å². The first kappa shape index (κ1) is 19.2. The summed E-state index contributed by atoms with van der Waals surface area (Å²) in [6.45, 7) is 0.756. The molecule has 1 heterocycles. The van der Waals surface area contributed by atoms with Crippen molar-refractivity contribution in [2.75, 3.05) is 25.0 Å². The quantitative estimate of drug-likeness (QED) is 0.842. The van der Waals surface area contributed by atoms with Crippen molar-refractivity contribution in [1.29, 1.82) is 0 Å². The number of aliphatic hydroxyl groups is 1. The van der Waals surface area contributed by atoms with Crippen molar-refractivity contribution >= 4 is 29.3 Å². The molecule has 0 saturated carbocycles. The Hall–Kier alpha value is -2.57. The highest BCUT2D eigenvalue weighted by atomic mass is 35.5. The second-order valence-electron chi connectivity index (χ2n) is 6.69. The van der Waals surface area contributed by atoms with Crippen molar-refractivity contribution in [3.63, 3.8) is 0 Å². The van der Waals surface area contributed by atoms with Gasteiger partial charge in [0.25, 0.3) is 5.91 Å². The van der Waals surface area contributed by atoms with E-state index in [4.69, 9.17) is 11.6 Å². The second kappa shape index (κ2) is 7.58. The molecule has 0 aliphatic carbocycles. The van der Waals surface area contributed by atoms with E-state index in [0.29, 0.717) is 42.2 Å². The average molecular weight is 389 g/mol. The first-order valence-electron chi connectivity index (χ1n) is 8.65. The summed E-state index contributed by atoms with van der Waals surface area (Å²) in [6, 6.07) is 13.7. The van der Waals surface area contributed by atoms with Crippen LogP contribution in [0.1, 0.15) is 28.8 Å². The van der Waals surface area contributed by atoms with E-state index < -0.39 is 11.7 Å². The Bertz CT molecular complexity index is 845. The molecule has 1 fully saturated rings. The maximum absolute atomic E-state index is 12.9. The molecule has 2 aromatic rings. The van der Waals surface area contributed by atoms with E-state index in [1.165, 1.54) is 7.05 Å². The lowest BCUT2D eigenvalue weighted by Crippen LogP contribution is -2.45. The van der Waals surface area contributed by atoms with Gasteiger partial charge in [-0.3, -0.25) is 9.69 Å². The SMILES string of the molecule is CN(C(=O)O)c1ccccc1C(=O)N1CCC(O)(c2ccc(Cl)cc2)CC1. The fraction of sp³-hybridized carbons (Fsp3) is 0.300. The molecular formula is C20H21ClN2O4. The number of amides is 2. The van der Waals surface area contributed by atoms with Crippen LogP contribution in [-0.4, -0.2) is 47.3 Å². The smallest absolute Gasteiger partial charge is 0.411 e. The van der Waals surface area contributed by atoms with Crippen LogP contribution in [0.3, 0.4) is 0 Å². The van der Waals surface area contributed by atoms with Crippen LogP contribution in [0.4, 0.5) is 10.5 Å². The molecule has 0 radical (unpaired) electrons. The lowest BCUT2D eigenvalue weighted by Gasteiger charge is -2.39. The third-order valence-electron chi connectivity index (χ3n) is 5.04. The van der Waals surface area contributed by atoms with Gasteiger partial charge < -0.3 is 15.1 Å². The number of piperidine rings is 1. The summed E-state index contributed by atoms with van der Waals surface area (Å²) in [7, 11) is 1.41. The monoisotopic (exact) mass is 388 g/mol. The zero-order valence-corrected chi connectivity index (χ0v) is 15.7. The average Bonchev–Trinajstić information content (AvgIpc) is 2.68. The lowest BCUT2D eigenvalue weighted by molar-refractivity contribution is -0.0211. The van der Waals surface area contributed by atoms with E-state index in [0.717, 1.165) is 10.5 Å². The minimum absolute atomic E-state index is 0.239. The summed E-state index contributed by atoms with van der Waals surface area (Å²) in [5.74, 6) is -0.239. The van der Waals surface area contributed by atoms with Gasteiger partial charge >= 0.3 is 6.09 Å². The fourth-order valence-corrected chi connectivity index (χ4v) is 3.47. The summed E-state index contributed by atoms with van der Waals surface area (Å²) in [5.41, 5.74) is 0.455. The van der Waals surface area contributed by atoms with Crippen molar-refractivity contribution < 1.29 is 19.8 Å². The molecule has 1 aliphatic rings. The van der Waals surface area contributed by atoms with Crippen molar-refractivity contribution in [2.24, 2.45) is 0 Å². The molecule has 2 N–H and O–H groups in total. The van der Waals surface area contributed by atoms with Crippen molar-refractivity contribution in [2.45, 2.75) is 18.4 Å². The number of para-hydroxylation sites is 1. The molecule has 3 rings (SSSR count). The Kier molecular flexibility index (Phi) is 5.39. The molecule has 0 atom stereocenters. The zero-order chi connectivity index (χ0) is 19.6. The van der Waals surface area contributed by atoms with Crippen molar-refractivity contribution in [3.8, 4) is 0 Å². The summed E-state index contributed by atoms with van der Waals surface area (Å²) >= 11 is 5.91. The molecule has 2 aromatic carbocycles. The Morgan fingerprint density at radius 2 is 1.67 bits per heavy atom. The molecule has 0 bridgehead atoms. The number of rotatable bonds is 3. The van der Waals surface area contributed by atoms with Crippen LogP contribution in [0.15, 0.2) is 48.5 Å². The molecule has 0 aromatic heterocycles. The number of nitrogens with zero attached hydrogens (tertiary/aromatic N) is 2. The van der Waals surface area contributed by atoms with Crippen LogP contribution < -0.4 is 4.90 Å². The number of anilines is 1. The van der Waals surface area contributed by atoms with E-state index in [1.807, 2.05) is 0 Å². The minimum Gasteiger partial charge on any atom is -0.465 e. The second-order valence-corrected chi connectivity index (χ2v) is 7.13. The van der Waals surface area contributed by atoms with E-state index in [1.54, 1.807) is 53.4 Å². The Morgan fingerprint density at radius 1 is 1.07 bits per heavy atom. The summed E-state index contributed by atoms with van der Waals surface area (Å²) in [6.07, 6.45) is -0.333. The molecule has 0 spiro atoms. The zero-order valence-electron chi connectivity index (χ0n) is 14.9. The van der Waals surface area contributed by atoms with Gasteiger partial charge in [0, 0.05) is 25.2 Å². The number of carboxylic acid groups (broad SMARTS) is 1. The van der Waals surface area contributed by atoms with Gasteiger partial charge in [-0.25, -0.2) is 4.79 Å². The molecule has 1 saturated heterocycles. The normalized spacial score (nSPS) is 16.0. The number of likely N-dealkylation sites (tertiary alicyclic amines) is 1. The maximum Gasteiger partial charge on any atom is 0.411 e. The Labute approximate surface area is 162 Å². The predicted molar refractivity (Wildman–Crippen MR) is 103 cm³/mol. The minimum atomic E-state index is -1.13. The van der Waals surface area contributed by atoms with Gasteiger partial charge in [0.2, 0.25) is 0 Å². The summed E-state index contributed by atoms with van der Waals surface area (Å²) in [4.78, 5) is 26.9. The van der Waals surface area contributed by atoms with E-state index in [9.17, 15) is 19.8 Å². The molecule has 0 unspecified atom stereocenters. The number of carbonyl (C=O) groups is 2. The standard InChI is InChI=1S/C20H21ClN2O4/c1-22(19(25)26)17-5-3-2-4-16(17)18(24)23-12-10-20(27,11-13-23)14-6-8-15(21)9-7-14/h2-9,27H,10-13H2,1H3,(H,25,26). The van der Waals surface area contributed by atoms with Crippen LogP contribution in [0.5, 0.6) is 0 Å². The number of hydrogen-bond acceptors (Lipinski definition) is 3. The van der Waals surface area contributed by atoms with Crippen LogP contribution in [-0.2, 0) is 5.60 Å². The van der Waals surface area contributed by atoms with Crippen LogP contribution in [0.25, 0.3) is 0 Å². The van der Waals surface area contributed by atoms with Crippen LogP contribution in [0.2, 0.25) is 5.02 Å². The van der Waals surface area contributed by atoms with Gasteiger partial charge in [-0.2, -0.15) is 0 Å². The highest BCUT2D eigenvalue weighted by molar-refractivity contribution is 6.30.